The van der Waals surface area contributed by atoms with Gasteiger partial charge in [-0.25, -0.2) is 0 Å². The van der Waals surface area contributed by atoms with Gasteiger partial charge in [-0.05, 0) is 48.5 Å². The van der Waals surface area contributed by atoms with Crippen LogP contribution in [0.2, 0.25) is 0 Å². The van der Waals surface area contributed by atoms with Crippen molar-refractivity contribution in [2.24, 2.45) is 0 Å². The van der Waals surface area contributed by atoms with Gasteiger partial charge >= 0.3 is 0 Å². The number of nitrogens with zero attached hydrogens (tertiary/aromatic N) is 6. The Balaban J connectivity index is 1.24. The zero-order valence-electron chi connectivity index (χ0n) is 27.2. The van der Waals surface area contributed by atoms with Crippen LogP contribution in [0.3, 0.4) is 0 Å². The van der Waals surface area contributed by atoms with E-state index in [1.165, 1.54) is 38.1 Å². The lowest BCUT2D eigenvalue weighted by molar-refractivity contribution is 0.893. The number of aromatic nitrogens is 6. The maximum absolute atomic E-state index is 5.36. The summed E-state index contributed by atoms with van der Waals surface area (Å²) in [6.07, 6.45) is 0. The van der Waals surface area contributed by atoms with Crippen molar-refractivity contribution < 1.29 is 0 Å². The van der Waals surface area contributed by atoms with Gasteiger partial charge in [-0.15, -0.1) is 0 Å². The monoisotopic (exact) mass is 650 g/mol. The summed E-state index contributed by atoms with van der Waals surface area (Å²) in [6, 6.07) is 55.9. The minimum Gasteiger partial charge on any atom is -0.308 e. The van der Waals surface area contributed by atoms with Crippen LogP contribution >= 0.6 is 0 Å². The van der Waals surface area contributed by atoms with Gasteiger partial charge in [0.25, 0.3) is 0 Å². The van der Waals surface area contributed by atoms with Crippen LogP contribution in [0.15, 0.2) is 158 Å². The van der Waals surface area contributed by atoms with Gasteiger partial charge in [0, 0.05) is 48.7 Å². The maximum atomic E-state index is 5.36. The fourth-order valence-electron chi connectivity index (χ4n) is 8.54. The fraction of sp³-hybridized carbons (Fsp3) is 0. The van der Waals surface area contributed by atoms with Crippen molar-refractivity contribution in [3.8, 4) is 23.3 Å². The first-order valence-electron chi connectivity index (χ1n) is 17.2. The highest BCUT2D eigenvalue weighted by Gasteiger charge is 2.23. The minimum atomic E-state index is 0.577. The van der Waals surface area contributed by atoms with Crippen molar-refractivity contribution in [1.29, 1.82) is 0 Å². The average molecular weight is 651 g/mol. The van der Waals surface area contributed by atoms with E-state index in [4.69, 9.17) is 15.0 Å². The van der Waals surface area contributed by atoms with E-state index in [0.29, 0.717) is 17.7 Å². The Morgan fingerprint density at radius 3 is 1.00 bits per heavy atom. The third-order valence-corrected chi connectivity index (χ3v) is 10.6. The zero-order chi connectivity index (χ0) is 33.2. The first-order chi connectivity index (χ1) is 25.3. The van der Waals surface area contributed by atoms with Crippen LogP contribution in [-0.4, -0.2) is 28.5 Å². The number of para-hydroxylation sites is 6. The highest BCUT2D eigenvalue weighted by atomic mass is 15.3. The molecule has 236 valence electrons. The maximum Gasteiger partial charge on any atom is 0.240 e. The van der Waals surface area contributed by atoms with Gasteiger partial charge in [0.05, 0.1) is 38.6 Å². The molecule has 5 aromatic heterocycles. The Morgan fingerprint density at radius 2 is 0.627 bits per heavy atom. The first kappa shape index (κ1) is 26.9. The van der Waals surface area contributed by atoms with E-state index in [9.17, 15) is 0 Å². The molecule has 0 N–H and O–H groups in total. The molecule has 51 heavy (non-hydrogen) atoms. The smallest absolute Gasteiger partial charge is 0.240 e. The van der Waals surface area contributed by atoms with Crippen LogP contribution in [0, 0.1) is 0 Å². The molecule has 0 bridgehead atoms. The van der Waals surface area contributed by atoms with Crippen molar-refractivity contribution in [2.45, 2.75) is 0 Å². The normalized spacial score (nSPS) is 12.3. The number of fused-ring (bicyclic) bond motifs is 12. The van der Waals surface area contributed by atoms with Crippen LogP contribution in [0.1, 0.15) is 0 Å². The van der Waals surface area contributed by atoms with Crippen LogP contribution in [0.25, 0.3) is 105 Å². The molecule has 0 aliphatic heterocycles. The van der Waals surface area contributed by atoms with E-state index in [-0.39, 0.29) is 0 Å². The van der Waals surface area contributed by atoms with Crippen LogP contribution in [0.5, 0.6) is 0 Å². The zero-order valence-corrected chi connectivity index (χ0v) is 27.2. The molecule has 5 heterocycles. The summed E-state index contributed by atoms with van der Waals surface area (Å²) in [6.45, 7) is 0. The summed E-state index contributed by atoms with van der Waals surface area (Å²) in [5.74, 6) is 1.78. The molecule has 6 heteroatoms. The topological polar surface area (TPSA) is 52.9 Å². The van der Waals surface area contributed by atoms with E-state index in [2.05, 4.69) is 171 Å². The van der Waals surface area contributed by atoms with Gasteiger partial charge < -0.3 is 4.40 Å². The number of benzene rings is 7. The molecule has 0 amide bonds. The largest absolute Gasteiger partial charge is 0.308 e. The molecular weight excluding hydrogens is 625 g/mol. The standard InChI is InChI=1S/C45H26N6/c1-9-21-38-28(13-1)29-14-2-10-22-39(29)50(38)44-46-43(47-45(48-44)51-40-23-11-3-15-30(40)31-16-4-12-24-41(31)51)27-25-34-32-17-5-7-19-36(32)49-37-20-8-6-18-33(37)35(26-27)42(34)49/h1-26H. The summed E-state index contributed by atoms with van der Waals surface area (Å²) in [5.41, 5.74) is 8.77. The molecule has 0 atom stereocenters. The van der Waals surface area contributed by atoms with Crippen molar-refractivity contribution in [3.05, 3.63) is 158 Å². The number of hydrogen-bond donors (Lipinski definition) is 0. The molecule has 0 unspecified atom stereocenters. The van der Waals surface area contributed by atoms with E-state index in [0.717, 1.165) is 49.2 Å². The lowest BCUT2D eigenvalue weighted by Gasteiger charge is -2.13. The SMILES string of the molecule is c1ccc2c(c1)c1ccccc1n2-c1nc(-c2cc3c4ccccc4n4c5ccccc5c(c2)c34)nc(-n2c3ccccc3c3ccccc32)n1. The van der Waals surface area contributed by atoms with Gasteiger partial charge in [-0.2, -0.15) is 15.0 Å². The predicted octanol–water partition coefficient (Wildman–Crippen LogP) is 10.9. The highest BCUT2D eigenvalue weighted by molar-refractivity contribution is 6.24. The quantitative estimate of drug-likeness (QED) is 0.191. The second kappa shape index (κ2) is 9.77. The van der Waals surface area contributed by atoms with E-state index >= 15 is 0 Å². The van der Waals surface area contributed by atoms with Crippen molar-refractivity contribution in [2.75, 3.05) is 0 Å². The van der Waals surface area contributed by atoms with Crippen LogP contribution in [0.4, 0.5) is 0 Å². The van der Waals surface area contributed by atoms with Crippen LogP contribution in [-0.2, 0) is 0 Å². The second-order valence-corrected chi connectivity index (χ2v) is 13.3. The molecule has 7 aromatic carbocycles. The second-order valence-electron chi connectivity index (χ2n) is 13.3. The molecule has 0 radical (unpaired) electrons. The van der Waals surface area contributed by atoms with E-state index < -0.39 is 0 Å². The van der Waals surface area contributed by atoms with Gasteiger partial charge in [0.15, 0.2) is 5.82 Å². The Kier molecular flexibility index (Phi) is 5.14. The third-order valence-electron chi connectivity index (χ3n) is 10.6. The summed E-state index contributed by atoms with van der Waals surface area (Å²) < 4.78 is 6.78. The van der Waals surface area contributed by atoms with Gasteiger partial charge in [0.2, 0.25) is 11.9 Å². The average Bonchev–Trinajstić information content (AvgIpc) is 3.92. The van der Waals surface area contributed by atoms with Crippen LogP contribution < -0.4 is 0 Å². The minimum absolute atomic E-state index is 0.577. The Bertz CT molecular complexity index is 3060. The Labute approximate surface area is 290 Å². The van der Waals surface area contributed by atoms with Gasteiger partial charge in [-0.3, -0.25) is 9.13 Å². The van der Waals surface area contributed by atoms with Gasteiger partial charge in [-0.1, -0.05) is 109 Å². The summed E-state index contributed by atoms with van der Waals surface area (Å²) in [7, 11) is 0. The fourth-order valence-corrected chi connectivity index (χ4v) is 8.54. The Hall–Kier alpha value is -7.05. The highest BCUT2D eigenvalue weighted by Crippen LogP contribution is 2.42. The molecule has 0 aliphatic carbocycles. The molecule has 0 saturated carbocycles. The molecule has 0 aliphatic rings. The molecule has 0 spiro atoms. The first-order valence-corrected chi connectivity index (χ1v) is 17.2. The molecular formula is C45H26N6. The summed E-state index contributed by atoms with van der Waals surface area (Å²) in [5, 5.41) is 9.44. The summed E-state index contributed by atoms with van der Waals surface area (Å²) >= 11 is 0. The molecule has 12 aromatic rings. The number of hydrogen-bond acceptors (Lipinski definition) is 3. The van der Waals surface area contributed by atoms with Gasteiger partial charge in [0.1, 0.15) is 0 Å². The van der Waals surface area contributed by atoms with Crippen molar-refractivity contribution >= 4 is 81.7 Å². The third kappa shape index (κ3) is 3.52. The Morgan fingerprint density at radius 1 is 0.314 bits per heavy atom. The lowest BCUT2D eigenvalue weighted by Crippen LogP contribution is -2.10. The van der Waals surface area contributed by atoms with Crippen molar-refractivity contribution in [1.82, 2.24) is 28.5 Å². The number of rotatable bonds is 3. The van der Waals surface area contributed by atoms with E-state index in [1.54, 1.807) is 0 Å². The lowest BCUT2D eigenvalue weighted by atomic mass is 10.0. The molecule has 6 nitrogen and oxygen atoms in total. The van der Waals surface area contributed by atoms with Crippen molar-refractivity contribution in [3.63, 3.8) is 0 Å². The molecule has 12 rings (SSSR count). The molecule has 0 fully saturated rings. The molecule has 0 saturated heterocycles. The predicted molar refractivity (Wildman–Crippen MR) is 209 cm³/mol. The summed E-state index contributed by atoms with van der Waals surface area (Å²) in [4.78, 5) is 16.0. The van der Waals surface area contributed by atoms with E-state index in [1.807, 2.05) is 0 Å².